The van der Waals surface area contributed by atoms with Crippen LogP contribution in [0.25, 0.3) is 0 Å². The van der Waals surface area contributed by atoms with Crippen LogP contribution in [0.2, 0.25) is 0 Å². The Labute approximate surface area is 387 Å². The van der Waals surface area contributed by atoms with Gasteiger partial charge in [0.15, 0.2) is 5.71 Å². The standard InChI is InChI=1S/C44H57N3O15S4/c1-31-28-41(49)47(42(31)50)23-11-15-32(48)14-7-6-10-22-44(4)36-30-34(66(60,61)62)19-21-38(36)46(25-13-27-64(54,55)56)40(44)17-9-5-8-16-39-43(2,3)35-29-33(65(57,58)59)18-20-37(35)45(39)24-12-26-63(51,52)53/h5,8-9,16-21,29-31H,6-7,10-15,22-28H2,1-4H3,(H3-,51,52,53,54,55,56,57,58,59,60,61,62)/p+1/t31?,44-/m0/s1. The average Bonchev–Trinajstić information content (AvgIpc) is 3.67. The number of anilines is 1. The molecule has 22 heteroatoms. The number of fused-ring (bicyclic) bond motifs is 2. The zero-order chi connectivity index (χ0) is 49.0. The second-order valence-corrected chi connectivity index (χ2v) is 23.7. The van der Waals surface area contributed by atoms with Crippen LogP contribution >= 0.6 is 0 Å². The molecule has 0 aliphatic carbocycles. The Morgan fingerprint density at radius 3 is 1.92 bits per heavy atom. The predicted octanol–water partition coefficient (Wildman–Crippen LogP) is 5.58. The van der Waals surface area contributed by atoms with Gasteiger partial charge < -0.3 is 4.90 Å². The number of hydrogen-bond donors (Lipinski definition) is 4. The molecule has 3 aliphatic heterocycles. The van der Waals surface area contributed by atoms with Crippen LogP contribution in [0.4, 0.5) is 11.4 Å². The van der Waals surface area contributed by atoms with Crippen molar-refractivity contribution < 1.29 is 70.8 Å². The molecule has 0 bridgehead atoms. The van der Waals surface area contributed by atoms with Crippen LogP contribution in [0.3, 0.4) is 0 Å². The number of Topliss-reactive ketones (excluding diaryl/α,β-unsaturated/α-hetero) is 1. The number of rotatable bonds is 23. The molecule has 3 aliphatic rings. The summed E-state index contributed by atoms with van der Waals surface area (Å²) in [6.45, 7) is 7.68. The molecule has 0 radical (unpaired) electrons. The van der Waals surface area contributed by atoms with Crippen molar-refractivity contribution in [3.05, 3.63) is 83.6 Å². The molecule has 1 saturated heterocycles. The molecule has 5 rings (SSSR count). The van der Waals surface area contributed by atoms with Gasteiger partial charge in [0.2, 0.25) is 17.5 Å². The van der Waals surface area contributed by atoms with Crippen molar-refractivity contribution in [1.29, 1.82) is 0 Å². The van der Waals surface area contributed by atoms with Gasteiger partial charge in [0.1, 0.15) is 12.3 Å². The van der Waals surface area contributed by atoms with E-state index in [0.29, 0.717) is 66.0 Å². The number of amides is 2. The Kier molecular flexibility index (Phi) is 16.3. The highest BCUT2D eigenvalue weighted by Crippen LogP contribution is 2.51. The van der Waals surface area contributed by atoms with E-state index >= 15 is 0 Å². The summed E-state index contributed by atoms with van der Waals surface area (Å²) in [5.74, 6) is -1.90. The van der Waals surface area contributed by atoms with Gasteiger partial charge in [-0.3, -0.25) is 37.5 Å². The highest BCUT2D eigenvalue weighted by atomic mass is 32.2. The first kappa shape index (κ1) is 52.5. The number of likely N-dealkylation sites (tertiary alicyclic amines) is 1. The summed E-state index contributed by atoms with van der Waals surface area (Å²) >= 11 is 0. The fraction of sp³-hybridized carbons (Fsp3) is 0.500. The molecule has 2 aromatic rings. The molecule has 2 aromatic carbocycles. The number of imide groups is 1. The van der Waals surface area contributed by atoms with Gasteiger partial charge in [0.25, 0.3) is 40.5 Å². The highest BCUT2D eigenvalue weighted by Gasteiger charge is 2.46. The Morgan fingerprint density at radius 2 is 1.32 bits per heavy atom. The fourth-order valence-electron chi connectivity index (χ4n) is 9.04. The van der Waals surface area contributed by atoms with Gasteiger partial charge in [-0.15, -0.1) is 0 Å². The van der Waals surface area contributed by atoms with E-state index in [0.717, 1.165) is 0 Å². The first-order valence-corrected chi connectivity index (χ1v) is 27.6. The Bertz CT molecular complexity index is 2830. The third kappa shape index (κ3) is 12.8. The average molecular weight is 997 g/mol. The number of carbonyl (C=O) groups is 3. The predicted molar refractivity (Wildman–Crippen MR) is 246 cm³/mol. The van der Waals surface area contributed by atoms with Crippen LogP contribution in [0.1, 0.15) is 103 Å². The zero-order valence-electron chi connectivity index (χ0n) is 37.3. The van der Waals surface area contributed by atoms with Crippen molar-refractivity contribution in [2.24, 2.45) is 5.92 Å². The topological polar surface area (TPSA) is 278 Å². The van der Waals surface area contributed by atoms with E-state index in [1.165, 1.54) is 41.3 Å². The zero-order valence-corrected chi connectivity index (χ0v) is 40.6. The summed E-state index contributed by atoms with van der Waals surface area (Å²) < 4.78 is 136. The van der Waals surface area contributed by atoms with Crippen molar-refractivity contribution in [3.8, 4) is 0 Å². The SMILES string of the molecule is CC1CC(=O)N(CCCC(=O)CCCCC[C@]2(C)C(=CC=CC=CC3=[N+](CCCS(=O)(=O)O)c4ccc(S(=O)(=O)O)cc4C3(C)C)N(CCCS(=O)(=O)O)c3ccc(S(=O)(=O)O)cc32)C1=O. The first-order chi connectivity index (χ1) is 30.5. The molecule has 2 amide bonds. The van der Waals surface area contributed by atoms with Gasteiger partial charge in [-0.25, -0.2) is 0 Å². The van der Waals surface area contributed by atoms with Crippen molar-refractivity contribution in [2.45, 2.75) is 113 Å². The number of benzene rings is 2. The summed E-state index contributed by atoms with van der Waals surface area (Å²) in [6.07, 6.45) is 11.9. The monoisotopic (exact) mass is 996 g/mol. The number of nitrogens with zero attached hydrogens (tertiary/aromatic N) is 3. The van der Waals surface area contributed by atoms with Crippen molar-refractivity contribution in [1.82, 2.24) is 4.90 Å². The maximum absolute atomic E-state index is 12.8. The summed E-state index contributed by atoms with van der Waals surface area (Å²) in [5, 5.41) is 0. The van der Waals surface area contributed by atoms with Crippen molar-refractivity contribution >= 4 is 75.2 Å². The normalized spacial score (nSPS) is 20.7. The summed E-state index contributed by atoms with van der Waals surface area (Å²) in [4.78, 5) is 39.5. The van der Waals surface area contributed by atoms with Crippen LogP contribution in [0.5, 0.6) is 0 Å². The number of unbranched alkanes of at least 4 members (excludes halogenated alkanes) is 2. The summed E-state index contributed by atoms with van der Waals surface area (Å²) in [6, 6.07) is 8.26. The minimum absolute atomic E-state index is 0.00272. The van der Waals surface area contributed by atoms with Crippen molar-refractivity contribution in [2.75, 3.05) is 36.0 Å². The number of hydrogen-bond acceptors (Lipinski definition) is 12. The molecule has 4 N–H and O–H groups in total. The quantitative estimate of drug-likeness (QED) is 0.0348. The number of allylic oxidation sites excluding steroid dienone is 6. The van der Waals surface area contributed by atoms with E-state index in [1.54, 1.807) is 41.9 Å². The molecule has 3 heterocycles. The van der Waals surface area contributed by atoms with E-state index in [9.17, 15) is 66.3 Å². The maximum Gasteiger partial charge on any atom is 0.294 e. The van der Waals surface area contributed by atoms with E-state index in [-0.39, 0.29) is 85.0 Å². The van der Waals surface area contributed by atoms with Gasteiger partial charge in [-0.05, 0) is 88.4 Å². The molecule has 1 fully saturated rings. The molecule has 362 valence electrons. The lowest BCUT2D eigenvalue weighted by Gasteiger charge is -2.30. The van der Waals surface area contributed by atoms with E-state index < -0.39 is 62.8 Å². The molecule has 1 unspecified atom stereocenters. The smallest absolute Gasteiger partial charge is 0.294 e. The number of ketones is 1. The third-order valence-corrected chi connectivity index (χ3v) is 15.7. The van der Waals surface area contributed by atoms with Crippen LogP contribution in [-0.4, -0.2) is 116 Å². The third-order valence-electron chi connectivity index (χ3n) is 12.4. The molecule has 0 saturated carbocycles. The molecular weight excluding hydrogens is 939 g/mol. The first-order valence-electron chi connectivity index (χ1n) is 21.5. The Morgan fingerprint density at radius 1 is 0.727 bits per heavy atom. The van der Waals surface area contributed by atoms with Crippen molar-refractivity contribution in [3.63, 3.8) is 0 Å². The lowest BCUT2D eigenvalue weighted by molar-refractivity contribution is -0.437. The summed E-state index contributed by atoms with van der Waals surface area (Å²) in [7, 11) is -17.8. The molecular formula is C44H58N3O15S4+. The van der Waals surface area contributed by atoms with Crippen LogP contribution in [-0.2, 0) is 65.7 Å². The lowest BCUT2D eigenvalue weighted by atomic mass is 9.77. The highest BCUT2D eigenvalue weighted by molar-refractivity contribution is 7.86. The molecule has 18 nitrogen and oxygen atoms in total. The van der Waals surface area contributed by atoms with Gasteiger partial charge in [-0.1, -0.05) is 38.0 Å². The van der Waals surface area contributed by atoms with E-state index in [4.69, 9.17) is 0 Å². The Hall–Kier alpha value is -4.42. The fourth-order valence-corrected chi connectivity index (χ4v) is 11.0. The molecule has 66 heavy (non-hydrogen) atoms. The van der Waals surface area contributed by atoms with Gasteiger partial charge in [0, 0.05) is 79.2 Å². The molecule has 0 spiro atoms. The van der Waals surface area contributed by atoms with Crippen LogP contribution in [0.15, 0.2) is 82.3 Å². The Balaban J connectivity index is 1.42. The van der Waals surface area contributed by atoms with Gasteiger partial charge in [-0.2, -0.15) is 38.2 Å². The van der Waals surface area contributed by atoms with E-state index in [2.05, 4.69) is 0 Å². The maximum atomic E-state index is 12.8. The largest absolute Gasteiger partial charge is 0.344 e. The molecule has 2 atom stereocenters. The van der Waals surface area contributed by atoms with Gasteiger partial charge >= 0.3 is 0 Å². The van der Waals surface area contributed by atoms with Gasteiger partial charge in [0.05, 0.1) is 26.7 Å². The lowest BCUT2D eigenvalue weighted by Crippen LogP contribution is -2.31. The summed E-state index contributed by atoms with van der Waals surface area (Å²) in [5.41, 5.74) is 1.74. The van der Waals surface area contributed by atoms with E-state index in [1.807, 2.05) is 25.7 Å². The number of carbonyl (C=O) groups excluding carboxylic acids is 3. The molecule has 0 aromatic heterocycles. The second-order valence-electron chi connectivity index (χ2n) is 17.7. The second kappa shape index (κ2) is 20.4. The minimum atomic E-state index is -4.64. The van der Waals surface area contributed by atoms with Crippen LogP contribution in [0, 0.1) is 5.92 Å². The van der Waals surface area contributed by atoms with Crippen LogP contribution < -0.4 is 4.90 Å². The minimum Gasteiger partial charge on any atom is -0.344 e.